The third-order valence-corrected chi connectivity index (χ3v) is 7.47. The van der Waals surface area contributed by atoms with Crippen molar-refractivity contribution >= 4 is 54.4 Å². The Morgan fingerprint density at radius 3 is 1.58 bits per heavy atom. The van der Waals surface area contributed by atoms with Gasteiger partial charge >= 0.3 is 0 Å². The van der Waals surface area contributed by atoms with Crippen molar-refractivity contribution in [3.8, 4) is 11.4 Å². The Labute approximate surface area is 208 Å². The van der Waals surface area contributed by atoms with Gasteiger partial charge in [0.25, 0.3) is 0 Å². The van der Waals surface area contributed by atoms with Crippen LogP contribution in [0.1, 0.15) is 0 Å². The lowest BCUT2D eigenvalue weighted by Gasteiger charge is -2.10. The number of para-hydroxylation sites is 4. The fourth-order valence-corrected chi connectivity index (χ4v) is 5.97. The van der Waals surface area contributed by atoms with Crippen molar-refractivity contribution < 1.29 is 0 Å². The molecule has 0 aliphatic rings. The molecule has 2 heteroatoms. The van der Waals surface area contributed by atoms with Crippen molar-refractivity contribution in [3.05, 3.63) is 133 Å². The van der Waals surface area contributed by atoms with Gasteiger partial charge in [-0.25, -0.2) is 0 Å². The first kappa shape index (κ1) is 19.5. The van der Waals surface area contributed by atoms with Crippen molar-refractivity contribution in [1.29, 1.82) is 0 Å². The molecule has 8 aromatic rings. The van der Waals surface area contributed by atoms with E-state index in [0.29, 0.717) is 0 Å². The number of hydrogen-bond acceptors (Lipinski definition) is 0. The van der Waals surface area contributed by atoms with Gasteiger partial charge in [-0.3, -0.25) is 0 Å². The SMILES string of the molecule is c1ccc(-n2c3ccccc3c3cc4ccc5c(c4cc32)c2ccccc2n5-c2ccccc2)cc1. The predicted octanol–water partition coefficient (Wildman–Crippen LogP) is 9.03. The van der Waals surface area contributed by atoms with Gasteiger partial charge in [0.05, 0.1) is 22.1 Å². The second-order valence-corrected chi connectivity index (χ2v) is 9.43. The summed E-state index contributed by atoms with van der Waals surface area (Å²) >= 11 is 0. The number of rotatable bonds is 2. The maximum Gasteiger partial charge on any atom is 0.0547 e. The van der Waals surface area contributed by atoms with Crippen LogP contribution in [0.2, 0.25) is 0 Å². The summed E-state index contributed by atoms with van der Waals surface area (Å²) in [6.45, 7) is 0. The largest absolute Gasteiger partial charge is 0.309 e. The first-order chi connectivity index (χ1) is 17.9. The van der Waals surface area contributed by atoms with Crippen molar-refractivity contribution in [2.75, 3.05) is 0 Å². The van der Waals surface area contributed by atoms with Gasteiger partial charge in [-0.15, -0.1) is 0 Å². The van der Waals surface area contributed by atoms with Crippen molar-refractivity contribution in [3.63, 3.8) is 0 Å². The van der Waals surface area contributed by atoms with Crippen LogP contribution in [0.15, 0.2) is 133 Å². The van der Waals surface area contributed by atoms with Crippen LogP contribution < -0.4 is 0 Å². The molecule has 0 fully saturated rings. The molecule has 0 bridgehead atoms. The minimum atomic E-state index is 1.18. The molecule has 0 unspecified atom stereocenters. The van der Waals surface area contributed by atoms with Gasteiger partial charge < -0.3 is 9.13 Å². The van der Waals surface area contributed by atoms with E-state index in [1.807, 2.05) is 0 Å². The van der Waals surface area contributed by atoms with E-state index in [1.165, 1.54) is 65.8 Å². The molecule has 168 valence electrons. The summed E-state index contributed by atoms with van der Waals surface area (Å²) in [6, 6.07) is 48.2. The molecule has 0 saturated heterocycles. The molecular formula is C34H22N2. The highest BCUT2D eigenvalue weighted by Gasteiger charge is 2.17. The van der Waals surface area contributed by atoms with Crippen LogP contribution in [-0.2, 0) is 0 Å². The van der Waals surface area contributed by atoms with Crippen LogP contribution in [0, 0.1) is 0 Å². The van der Waals surface area contributed by atoms with Gasteiger partial charge in [0, 0.05) is 32.9 Å². The van der Waals surface area contributed by atoms with E-state index in [0.717, 1.165) is 0 Å². The fourth-order valence-electron chi connectivity index (χ4n) is 5.97. The van der Waals surface area contributed by atoms with Crippen LogP contribution in [-0.4, -0.2) is 9.13 Å². The van der Waals surface area contributed by atoms with Crippen LogP contribution in [0.4, 0.5) is 0 Å². The molecule has 0 aliphatic carbocycles. The zero-order valence-electron chi connectivity index (χ0n) is 19.6. The molecule has 6 aromatic carbocycles. The molecule has 0 atom stereocenters. The molecule has 0 aliphatic heterocycles. The molecule has 0 saturated carbocycles. The van der Waals surface area contributed by atoms with Crippen LogP contribution in [0.25, 0.3) is 65.8 Å². The summed E-state index contributed by atoms with van der Waals surface area (Å²) in [6.07, 6.45) is 0. The van der Waals surface area contributed by atoms with Crippen LogP contribution in [0.3, 0.4) is 0 Å². The second kappa shape index (κ2) is 7.34. The summed E-state index contributed by atoms with van der Waals surface area (Å²) in [5.41, 5.74) is 7.30. The normalized spacial score (nSPS) is 11.9. The van der Waals surface area contributed by atoms with Crippen LogP contribution in [0.5, 0.6) is 0 Å². The average Bonchev–Trinajstić information content (AvgIpc) is 3.45. The number of benzene rings is 6. The first-order valence-corrected chi connectivity index (χ1v) is 12.4. The number of hydrogen-bond donors (Lipinski definition) is 0. The van der Waals surface area contributed by atoms with E-state index in [2.05, 4.69) is 143 Å². The summed E-state index contributed by atoms with van der Waals surface area (Å²) in [4.78, 5) is 0. The van der Waals surface area contributed by atoms with Gasteiger partial charge in [-0.05, 0) is 65.4 Å². The number of fused-ring (bicyclic) bond motifs is 8. The zero-order chi connectivity index (χ0) is 23.6. The monoisotopic (exact) mass is 458 g/mol. The van der Waals surface area contributed by atoms with E-state index >= 15 is 0 Å². The lowest BCUT2D eigenvalue weighted by Crippen LogP contribution is -1.93. The van der Waals surface area contributed by atoms with E-state index in [-0.39, 0.29) is 0 Å². The molecule has 8 rings (SSSR count). The Hall–Kier alpha value is -4.82. The predicted molar refractivity (Wildman–Crippen MR) is 153 cm³/mol. The highest BCUT2D eigenvalue weighted by atomic mass is 15.0. The molecule has 0 amide bonds. The fraction of sp³-hybridized carbons (Fsp3) is 0. The minimum Gasteiger partial charge on any atom is -0.309 e. The smallest absolute Gasteiger partial charge is 0.0547 e. The van der Waals surface area contributed by atoms with Gasteiger partial charge in [0.1, 0.15) is 0 Å². The Balaban J connectivity index is 1.58. The third kappa shape index (κ3) is 2.61. The van der Waals surface area contributed by atoms with Gasteiger partial charge in [-0.1, -0.05) is 78.9 Å². The average molecular weight is 459 g/mol. The maximum absolute atomic E-state index is 2.40. The first-order valence-electron chi connectivity index (χ1n) is 12.4. The summed E-state index contributed by atoms with van der Waals surface area (Å²) < 4.78 is 4.79. The molecule has 0 radical (unpaired) electrons. The second-order valence-electron chi connectivity index (χ2n) is 9.43. The molecular weight excluding hydrogens is 436 g/mol. The quantitative estimate of drug-likeness (QED) is 0.244. The maximum atomic E-state index is 2.40. The summed E-state index contributed by atoms with van der Waals surface area (Å²) in [7, 11) is 0. The van der Waals surface area contributed by atoms with Gasteiger partial charge in [-0.2, -0.15) is 0 Å². The van der Waals surface area contributed by atoms with E-state index in [9.17, 15) is 0 Å². The molecule has 2 aromatic heterocycles. The summed E-state index contributed by atoms with van der Waals surface area (Å²) in [5, 5.41) is 7.70. The minimum absolute atomic E-state index is 1.18. The zero-order valence-corrected chi connectivity index (χ0v) is 19.6. The molecule has 2 heterocycles. The Bertz CT molecular complexity index is 2080. The van der Waals surface area contributed by atoms with Crippen molar-refractivity contribution in [2.45, 2.75) is 0 Å². The molecule has 36 heavy (non-hydrogen) atoms. The topological polar surface area (TPSA) is 9.86 Å². The van der Waals surface area contributed by atoms with E-state index in [1.54, 1.807) is 0 Å². The summed E-state index contributed by atoms with van der Waals surface area (Å²) in [5.74, 6) is 0. The van der Waals surface area contributed by atoms with E-state index in [4.69, 9.17) is 0 Å². The van der Waals surface area contributed by atoms with Crippen molar-refractivity contribution in [2.24, 2.45) is 0 Å². The lowest BCUT2D eigenvalue weighted by molar-refractivity contribution is 1.18. The molecule has 0 spiro atoms. The Morgan fingerprint density at radius 1 is 0.333 bits per heavy atom. The Kier molecular flexibility index (Phi) is 3.97. The third-order valence-electron chi connectivity index (χ3n) is 7.47. The number of nitrogens with zero attached hydrogens (tertiary/aromatic N) is 2. The highest BCUT2D eigenvalue weighted by molar-refractivity contribution is 6.24. The standard InChI is InChI=1S/C34H22N2/c1-3-11-24(12-4-1)35-31-18-10-8-16-27(31)34-28-22-33-29(21-23(28)19-20-32(34)35)26-15-7-9-17-30(26)36(33)25-13-5-2-6-14-25/h1-22H. The Morgan fingerprint density at radius 2 is 0.889 bits per heavy atom. The highest BCUT2D eigenvalue weighted by Crippen LogP contribution is 2.40. The molecule has 0 N–H and O–H groups in total. The van der Waals surface area contributed by atoms with E-state index < -0.39 is 0 Å². The molecule has 2 nitrogen and oxygen atoms in total. The van der Waals surface area contributed by atoms with Gasteiger partial charge in [0.2, 0.25) is 0 Å². The lowest BCUT2D eigenvalue weighted by atomic mass is 10.0. The van der Waals surface area contributed by atoms with Gasteiger partial charge in [0.15, 0.2) is 0 Å². The van der Waals surface area contributed by atoms with Crippen LogP contribution >= 0.6 is 0 Å². The number of aromatic nitrogens is 2. The van der Waals surface area contributed by atoms with Crippen molar-refractivity contribution in [1.82, 2.24) is 9.13 Å².